The summed E-state index contributed by atoms with van der Waals surface area (Å²) >= 11 is 1.84. The van der Waals surface area contributed by atoms with E-state index in [1.165, 1.54) is 34.7 Å². The highest BCUT2D eigenvalue weighted by Crippen LogP contribution is 2.38. The fourth-order valence-electron chi connectivity index (χ4n) is 2.67. The van der Waals surface area contributed by atoms with Crippen molar-refractivity contribution in [1.29, 1.82) is 0 Å². The molecule has 1 atom stereocenters. The lowest BCUT2D eigenvalue weighted by molar-refractivity contribution is 0.265. The molecule has 1 heterocycles. The van der Waals surface area contributed by atoms with E-state index in [0.717, 1.165) is 13.0 Å². The van der Waals surface area contributed by atoms with E-state index in [9.17, 15) is 5.11 Å². The molecule has 0 spiro atoms. The number of hydrogen-bond acceptors (Lipinski definition) is 4. The largest absolute Gasteiger partial charge is 0.396 e. The molecule has 21 heavy (non-hydrogen) atoms. The van der Waals surface area contributed by atoms with Crippen molar-refractivity contribution in [3.05, 3.63) is 52.0 Å². The molecular formula is C17H22N2OS. The van der Waals surface area contributed by atoms with Crippen molar-refractivity contribution in [2.45, 2.75) is 44.2 Å². The normalized spacial score (nSPS) is 16.6. The third-order valence-corrected chi connectivity index (χ3v) is 5.33. The number of hydrogen-bond donors (Lipinski definition) is 2. The number of benzene rings is 1. The average Bonchev–Trinajstić information content (AvgIpc) is 2.91. The predicted octanol–water partition coefficient (Wildman–Crippen LogP) is 3.62. The SMILES string of the molecule is OCC[C@@H](NCc1cnc(C2CCC2)s1)c1ccccc1. The van der Waals surface area contributed by atoms with Crippen LogP contribution in [0.25, 0.3) is 0 Å². The molecule has 0 unspecified atom stereocenters. The Hall–Kier alpha value is -1.23. The minimum atomic E-state index is 0.197. The fraction of sp³-hybridized carbons (Fsp3) is 0.471. The topological polar surface area (TPSA) is 45.1 Å². The molecule has 3 nitrogen and oxygen atoms in total. The molecule has 1 saturated carbocycles. The van der Waals surface area contributed by atoms with Crippen LogP contribution in [0.2, 0.25) is 0 Å². The fourth-order valence-corrected chi connectivity index (χ4v) is 3.71. The summed E-state index contributed by atoms with van der Waals surface area (Å²) in [5.41, 5.74) is 1.23. The van der Waals surface area contributed by atoms with Crippen molar-refractivity contribution in [1.82, 2.24) is 10.3 Å². The monoisotopic (exact) mass is 302 g/mol. The average molecular weight is 302 g/mol. The first-order valence-electron chi connectivity index (χ1n) is 7.70. The second kappa shape index (κ2) is 7.16. The van der Waals surface area contributed by atoms with E-state index >= 15 is 0 Å². The molecule has 4 heteroatoms. The maximum atomic E-state index is 9.26. The summed E-state index contributed by atoms with van der Waals surface area (Å²) < 4.78 is 0. The lowest BCUT2D eigenvalue weighted by Gasteiger charge is -2.22. The van der Waals surface area contributed by atoms with Crippen LogP contribution in [0.5, 0.6) is 0 Å². The first-order chi connectivity index (χ1) is 10.4. The number of aromatic nitrogens is 1. The number of thiazole rings is 1. The van der Waals surface area contributed by atoms with Crippen molar-refractivity contribution in [3.8, 4) is 0 Å². The molecule has 112 valence electrons. The maximum absolute atomic E-state index is 9.26. The van der Waals surface area contributed by atoms with Gasteiger partial charge in [-0.05, 0) is 24.8 Å². The Morgan fingerprint density at radius 3 is 2.76 bits per heavy atom. The lowest BCUT2D eigenvalue weighted by atomic mass is 9.86. The molecule has 0 radical (unpaired) electrons. The summed E-state index contributed by atoms with van der Waals surface area (Å²) in [6.07, 6.45) is 6.70. The highest BCUT2D eigenvalue weighted by Gasteiger charge is 2.22. The predicted molar refractivity (Wildman–Crippen MR) is 86.4 cm³/mol. The Balaban J connectivity index is 1.60. The highest BCUT2D eigenvalue weighted by molar-refractivity contribution is 7.11. The van der Waals surface area contributed by atoms with Gasteiger partial charge in [0.15, 0.2) is 0 Å². The summed E-state index contributed by atoms with van der Waals surface area (Å²) in [6.45, 7) is 1.02. The van der Waals surface area contributed by atoms with E-state index in [0.29, 0.717) is 5.92 Å². The second-order valence-electron chi connectivity index (χ2n) is 5.65. The van der Waals surface area contributed by atoms with Crippen LogP contribution in [-0.2, 0) is 6.54 Å². The van der Waals surface area contributed by atoms with E-state index in [2.05, 4.69) is 22.4 Å². The molecule has 1 fully saturated rings. The highest BCUT2D eigenvalue weighted by atomic mass is 32.1. The van der Waals surface area contributed by atoms with Crippen LogP contribution in [-0.4, -0.2) is 16.7 Å². The Bertz CT molecular complexity index is 551. The molecule has 1 aliphatic carbocycles. The van der Waals surface area contributed by atoms with Gasteiger partial charge in [-0.3, -0.25) is 0 Å². The Morgan fingerprint density at radius 1 is 1.29 bits per heavy atom. The summed E-state index contributed by atoms with van der Waals surface area (Å²) in [5, 5.41) is 14.1. The zero-order valence-corrected chi connectivity index (χ0v) is 13.0. The third kappa shape index (κ3) is 3.70. The molecule has 1 aliphatic rings. The molecule has 1 aromatic heterocycles. The van der Waals surface area contributed by atoms with Crippen molar-refractivity contribution >= 4 is 11.3 Å². The molecule has 2 N–H and O–H groups in total. The third-order valence-electron chi connectivity index (χ3n) is 4.17. The van der Waals surface area contributed by atoms with Crippen LogP contribution in [0.15, 0.2) is 36.5 Å². The van der Waals surface area contributed by atoms with Gasteiger partial charge >= 0.3 is 0 Å². The molecule has 1 aromatic carbocycles. The molecule has 0 aliphatic heterocycles. The smallest absolute Gasteiger partial charge is 0.0959 e. The number of nitrogens with one attached hydrogen (secondary N) is 1. The zero-order chi connectivity index (χ0) is 14.5. The van der Waals surface area contributed by atoms with Crippen molar-refractivity contribution < 1.29 is 5.11 Å². The summed E-state index contributed by atoms with van der Waals surface area (Å²) in [5.74, 6) is 0.714. The van der Waals surface area contributed by atoms with Gasteiger partial charge in [-0.1, -0.05) is 36.8 Å². The number of aliphatic hydroxyl groups is 1. The first kappa shape index (κ1) is 14.7. The molecule has 0 amide bonds. The molecule has 3 rings (SSSR count). The van der Waals surface area contributed by atoms with E-state index in [-0.39, 0.29) is 12.6 Å². The summed E-state index contributed by atoms with van der Waals surface area (Å²) in [7, 11) is 0. The van der Waals surface area contributed by atoms with Crippen molar-refractivity contribution in [3.63, 3.8) is 0 Å². The van der Waals surface area contributed by atoms with Crippen molar-refractivity contribution in [2.75, 3.05) is 6.61 Å². The van der Waals surface area contributed by atoms with Gasteiger partial charge in [0.1, 0.15) is 0 Å². The maximum Gasteiger partial charge on any atom is 0.0959 e. The van der Waals surface area contributed by atoms with Crippen molar-refractivity contribution in [2.24, 2.45) is 0 Å². The van der Waals surface area contributed by atoms with Gasteiger partial charge in [-0.15, -0.1) is 11.3 Å². The lowest BCUT2D eigenvalue weighted by Crippen LogP contribution is -2.21. The van der Waals surface area contributed by atoms with Gasteiger partial charge < -0.3 is 10.4 Å². The van der Waals surface area contributed by atoms with Crippen LogP contribution in [0.3, 0.4) is 0 Å². The van der Waals surface area contributed by atoms with Crippen LogP contribution in [0.1, 0.15) is 53.1 Å². The van der Waals surface area contributed by atoms with Gasteiger partial charge in [0.2, 0.25) is 0 Å². The number of aliphatic hydroxyl groups excluding tert-OH is 1. The van der Waals surface area contributed by atoms with Gasteiger partial charge in [-0.2, -0.15) is 0 Å². The van der Waals surface area contributed by atoms with Gasteiger partial charge in [0, 0.05) is 36.2 Å². The quantitative estimate of drug-likeness (QED) is 0.821. The Morgan fingerprint density at radius 2 is 2.10 bits per heavy atom. The second-order valence-corrected chi connectivity index (χ2v) is 6.80. The summed E-state index contributed by atoms with van der Waals surface area (Å²) in [6, 6.07) is 10.5. The minimum Gasteiger partial charge on any atom is -0.396 e. The summed E-state index contributed by atoms with van der Waals surface area (Å²) in [4.78, 5) is 5.85. The van der Waals surface area contributed by atoms with E-state index < -0.39 is 0 Å². The van der Waals surface area contributed by atoms with Crippen LogP contribution in [0.4, 0.5) is 0 Å². The first-order valence-corrected chi connectivity index (χ1v) is 8.52. The molecule has 0 bridgehead atoms. The number of rotatable bonds is 7. The van der Waals surface area contributed by atoms with Crippen LogP contribution >= 0.6 is 11.3 Å². The van der Waals surface area contributed by atoms with Gasteiger partial charge in [0.05, 0.1) is 5.01 Å². The zero-order valence-electron chi connectivity index (χ0n) is 12.2. The van der Waals surface area contributed by atoms with Gasteiger partial charge in [0.25, 0.3) is 0 Å². The van der Waals surface area contributed by atoms with E-state index in [1.54, 1.807) is 0 Å². The Labute approximate surface area is 130 Å². The van der Waals surface area contributed by atoms with E-state index in [4.69, 9.17) is 0 Å². The van der Waals surface area contributed by atoms with E-state index in [1.807, 2.05) is 35.7 Å². The van der Waals surface area contributed by atoms with Gasteiger partial charge in [-0.25, -0.2) is 4.98 Å². The molecule has 0 saturated heterocycles. The Kier molecular flexibility index (Phi) is 5.01. The minimum absolute atomic E-state index is 0.197. The van der Waals surface area contributed by atoms with Crippen LogP contribution < -0.4 is 5.32 Å². The van der Waals surface area contributed by atoms with Crippen LogP contribution in [0, 0.1) is 0 Å². The standard InChI is InChI=1S/C17H22N2OS/c20-10-9-16(13-5-2-1-3-6-13)18-11-15-12-19-17(21-15)14-7-4-8-14/h1-3,5-6,12,14,16,18,20H,4,7-11H2/t16-/m1/s1. The molecular weight excluding hydrogens is 280 g/mol. The number of nitrogens with zero attached hydrogens (tertiary/aromatic N) is 1. The molecule has 2 aromatic rings.